The maximum atomic E-state index is 13.0. The molecule has 6 nitrogen and oxygen atoms in total. The van der Waals surface area contributed by atoms with Gasteiger partial charge in [0.25, 0.3) is 5.91 Å². The summed E-state index contributed by atoms with van der Waals surface area (Å²) in [7, 11) is 0. The Kier molecular flexibility index (Phi) is 4.52. The van der Waals surface area contributed by atoms with Gasteiger partial charge in [-0.05, 0) is 24.6 Å². The predicted octanol–water partition coefficient (Wildman–Crippen LogP) is 3.39. The third kappa shape index (κ3) is 3.66. The number of carbonyl (C=O) groups excluding carboxylic acids is 1. The Bertz CT molecular complexity index is 935. The molecule has 0 saturated carbocycles. The first-order valence-electron chi connectivity index (χ1n) is 8.27. The fraction of sp³-hybridized carbons (Fsp3) is 0.278. The smallest absolute Gasteiger partial charge is 0.279 e. The lowest BCUT2D eigenvalue weighted by Gasteiger charge is -2.25. The van der Waals surface area contributed by atoms with Gasteiger partial charge >= 0.3 is 0 Å². The molecule has 26 heavy (non-hydrogen) atoms. The summed E-state index contributed by atoms with van der Waals surface area (Å²) in [5.41, 5.74) is 2.35. The number of carbonyl (C=O) groups is 1. The highest BCUT2D eigenvalue weighted by molar-refractivity contribution is 7.15. The maximum absolute atomic E-state index is 13.0. The summed E-state index contributed by atoms with van der Waals surface area (Å²) < 4.78 is 18.0. The van der Waals surface area contributed by atoms with Crippen LogP contribution in [-0.4, -0.2) is 27.5 Å². The monoisotopic (exact) mass is 372 g/mol. The van der Waals surface area contributed by atoms with Crippen molar-refractivity contribution in [3.63, 3.8) is 0 Å². The highest BCUT2D eigenvalue weighted by Crippen LogP contribution is 2.29. The largest absolute Gasteiger partial charge is 0.361 e. The molecule has 1 N–H and O–H groups in total. The Morgan fingerprint density at radius 3 is 2.92 bits per heavy atom. The predicted molar refractivity (Wildman–Crippen MR) is 95.5 cm³/mol. The molecule has 0 spiro atoms. The molecule has 0 fully saturated rings. The van der Waals surface area contributed by atoms with E-state index in [0.29, 0.717) is 10.9 Å². The zero-order valence-corrected chi connectivity index (χ0v) is 15.0. The number of aryl methyl sites for hydroxylation is 1. The van der Waals surface area contributed by atoms with Gasteiger partial charge in [-0.3, -0.25) is 15.0 Å². The number of halogens is 1. The third-order valence-corrected chi connectivity index (χ3v) is 5.21. The number of fused-ring (bicyclic) bond motifs is 1. The summed E-state index contributed by atoms with van der Waals surface area (Å²) in [5, 5.41) is 7.07. The fourth-order valence-electron chi connectivity index (χ4n) is 2.92. The van der Waals surface area contributed by atoms with Crippen LogP contribution >= 0.6 is 11.3 Å². The van der Waals surface area contributed by atoms with Gasteiger partial charge in [-0.2, -0.15) is 0 Å². The van der Waals surface area contributed by atoms with Crippen molar-refractivity contribution in [2.75, 3.05) is 11.9 Å². The number of aromatic nitrogens is 2. The quantitative estimate of drug-likeness (QED) is 0.760. The van der Waals surface area contributed by atoms with Crippen LogP contribution in [0, 0.1) is 12.7 Å². The van der Waals surface area contributed by atoms with Crippen LogP contribution in [0.4, 0.5) is 9.52 Å². The highest BCUT2D eigenvalue weighted by atomic mass is 32.1. The van der Waals surface area contributed by atoms with Crippen LogP contribution in [0.25, 0.3) is 0 Å². The SMILES string of the molecule is Cc1cc(C(=O)Nc2nc3c(s2)CN(Cc2ccc(F)cc2)CC3)no1. The molecule has 1 aliphatic heterocycles. The number of hydrogen-bond acceptors (Lipinski definition) is 6. The molecular formula is C18H17FN4O2S. The minimum atomic E-state index is -0.323. The molecule has 1 aromatic carbocycles. The highest BCUT2D eigenvalue weighted by Gasteiger charge is 2.22. The number of hydrogen-bond donors (Lipinski definition) is 1. The van der Waals surface area contributed by atoms with E-state index in [0.717, 1.165) is 42.2 Å². The Balaban J connectivity index is 1.42. The zero-order chi connectivity index (χ0) is 18.1. The molecule has 0 unspecified atom stereocenters. The van der Waals surface area contributed by atoms with Crippen LogP contribution in [0.1, 0.15) is 32.4 Å². The lowest BCUT2D eigenvalue weighted by molar-refractivity contribution is 0.101. The van der Waals surface area contributed by atoms with E-state index in [9.17, 15) is 9.18 Å². The average Bonchev–Trinajstić information content (AvgIpc) is 3.22. The van der Waals surface area contributed by atoms with Crippen LogP contribution in [0.15, 0.2) is 34.9 Å². The number of benzene rings is 1. The van der Waals surface area contributed by atoms with Crippen molar-refractivity contribution >= 4 is 22.4 Å². The van der Waals surface area contributed by atoms with Gasteiger partial charge in [-0.1, -0.05) is 17.3 Å². The van der Waals surface area contributed by atoms with Crippen molar-refractivity contribution in [1.82, 2.24) is 15.0 Å². The number of nitrogens with zero attached hydrogens (tertiary/aromatic N) is 3. The van der Waals surface area contributed by atoms with Crippen molar-refractivity contribution in [3.8, 4) is 0 Å². The topological polar surface area (TPSA) is 71.3 Å². The first kappa shape index (κ1) is 16.9. The molecule has 0 saturated heterocycles. The lowest BCUT2D eigenvalue weighted by atomic mass is 10.1. The van der Waals surface area contributed by atoms with Gasteiger partial charge in [0.05, 0.1) is 5.69 Å². The maximum Gasteiger partial charge on any atom is 0.279 e. The van der Waals surface area contributed by atoms with Gasteiger partial charge in [-0.25, -0.2) is 9.37 Å². The van der Waals surface area contributed by atoms with E-state index in [2.05, 4.69) is 20.4 Å². The van der Waals surface area contributed by atoms with Crippen molar-refractivity contribution in [2.24, 2.45) is 0 Å². The van der Waals surface area contributed by atoms with Crippen LogP contribution in [0.2, 0.25) is 0 Å². The minimum absolute atomic E-state index is 0.222. The second-order valence-electron chi connectivity index (χ2n) is 6.25. The normalized spacial score (nSPS) is 14.2. The summed E-state index contributed by atoms with van der Waals surface area (Å²) >= 11 is 1.48. The van der Waals surface area contributed by atoms with Crippen LogP contribution in [-0.2, 0) is 19.5 Å². The van der Waals surface area contributed by atoms with Gasteiger partial charge in [0.2, 0.25) is 0 Å². The van der Waals surface area contributed by atoms with E-state index < -0.39 is 0 Å². The molecule has 2 aromatic heterocycles. The molecule has 3 heterocycles. The molecule has 4 rings (SSSR count). The first-order valence-corrected chi connectivity index (χ1v) is 9.08. The Morgan fingerprint density at radius 2 is 2.19 bits per heavy atom. The summed E-state index contributed by atoms with van der Waals surface area (Å²) in [6.45, 7) is 4.15. The van der Waals surface area contributed by atoms with Crippen LogP contribution in [0.5, 0.6) is 0 Å². The number of anilines is 1. The van der Waals surface area contributed by atoms with Gasteiger partial charge < -0.3 is 4.52 Å². The Hall–Kier alpha value is -2.58. The summed E-state index contributed by atoms with van der Waals surface area (Å²) in [5.74, 6) is 0.0426. The molecule has 3 aromatic rings. The van der Waals surface area contributed by atoms with Gasteiger partial charge in [0.15, 0.2) is 10.8 Å². The molecule has 8 heteroatoms. The number of rotatable bonds is 4. The first-order chi connectivity index (χ1) is 12.6. The lowest BCUT2D eigenvalue weighted by Crippen LogP contribution is -2.29. The third-order valence-electron chi connectivity index (χ3n) is 4.21. The van der Waals surface area contributed by atoms with Gasteiger partial charge in [0, 0.05) is 37.0 Å². The molecular weight excluding hydrogens is 355 g/mol. The van der Waals surface area contributed by atoms with Crippen LogP contribution < -0.4 is 5.32 Å². The van der Waals surface area contributed by atoms with Gasteiger partial charge in [0.1, 0.15) is 11.6 Å². The Labute approximate surface area is 153 Å². The van der Waals surface area contributed by atoms with Gasteiger partial charge in [-0.15, -0.1) is 11.3 Å². The van der Waals surface area contributed by atoms with Crippen molar-refractivity contribution in [3.05, 3.63) is 63.7 Å². The molecule has 0 bridgehead atoms. The summed E-state index contributed by atoms with van der Waals surface area (Å²) in [6, 6.07) is 8.17. The number of nitrogens with one attached hydrogen (secondary N) is 1. The van der Waals surface area contributed by atoms with Crippen molar-refractivity contribution in [1.29, 1.82) is 0 Å². The molecule has 0 radical (unpaired) electrons. The summed E-state index contributed by atoms with van der Waals surface area (Å²) in [6.07, 6.45) is 0.825. The molecule has 0 atom stereocenters. The minimum Gasteiger partial charge on any atom is -0.361 e. The standard InChI is InChI=1S/C18H17FN4O2S/c1-11-8-15(22-25-11)17(24)21-18-20-14-6-7-23(10-16(14)26-18)9-12-2-4-13(19)5-3-12/h2-5,8H,6-7,9-10H2,1H3,(H,20,21,24). The van der Waals surface area contributed by atoms with E-state index >= 15 is 0 Å². The fourth-order valence-corrected chi connectivity index (χ4v) is 3.96. The number of thiazole rings is 1. The zero-order valence-electron chi connectivity index (χ0n) is 14.2. The second-order valence-corrected chi connectivity index (χ2v) is 7.34. The number of amides is 1. The van der Waals surface area contributed by atoms with Crippen molar-refractivity contribution < 1.29 is 13.7 Å². The molecule has 0 aliphatic carbocycles. The van der Waals surface area contributed by atoms with E-state index in [1.165, 1.54) is 23.5 Å². The van der Waals surface area contributed by atoms with E-state index in [1.54, 1.807) is 13.0 Å². The van der Waals surface area contributed by atoms with Crippen molar-refractivity contribution in [2.45, 2.75) is 26.4 Å². The van der Waals surface area contributed by atoms with Crippen LogP contribution in [0.3, 0.4) is 0 Å². The molecule has 134 valence electrons. The molecule has 1 amide bonds. The average molecular weight is 372 g/mol. The van der Waals surface area contributed by atoms with E-state index in [1.807, 2.05) is 12.1 Å². The van der Waals surface area contributed by atoms with E-state index in [4.69, 9.17) is 4.52 Å². The van der Waals surface area contributed by atoms with E-state index in [-0.39, 0.29) is 17.4 Å². The Morgan fingerprint density at radius 1 is 1.38 bits per heavy atom. The summed E-state index contributed by atoms with van der Waals surface area (Å²) in [4.78, 5) is 20.1. The molecule has 1 aliphatic rings. The second kappa shape index (κ2) is 6.97.